The summed E-state index contributed by atoms with van der Waals surface area (Å²) >= 11 is 0. The lowest BCUT2D eigenvalue weighted by atomic mass is 10.0. The lowest BCUT2D eigenvalue weighted by molar-refractivity contribution is 0.0938. The van der Waals surface area contributed by atoms with Gasteiger partial charge in [0.1, 0.15) is 5.82 Å². The lowest BCUT2D eigenvalue weighted by Crippen LogP contribution is -2.44. The number of amides is 1. The average Bonchev–Trinajstić information content (AvgIpc) is 3.52. The summed E-state index contributed by atoms with van der Waals surface area (Å²) in [6.45, 7) is 6.36. The number of piperidine rings is 1. The molecule has 3 N–H and O–H groups in total. The van der Waals surface area contributed by atoms with Crippen LogP contribution in [0.15, 0.2) is 42.5 Å². The fourth-order valence-corrected chi connectivity index (χ4v) is 5.45. The molecular weight excluding hydrogens is 422 g/mol. The Morgan fingerprint density at radius 2 is 1.79 bits per heavy atom. The van der Waals surface area contributed by atoms with Crippen molar-refractivity contribution in [1.29, 1.82) is 0 Å². The van der Waals surface area contributed by atoms with Gasteiger partial charge >= 0.3 is 0 Å². The summed E-state index contributed by atoms with van der Waals surface area (Å²) in [6.07, 6.45) is 7.88. The first-order valence-electron chi connectivity index (χ1n) is 13.0. The van der Waals surface area contributed by atoms with E-state index in [9.17, 15) is 4.79 Å². The minimum Gasteiger partial charge on any atom is -0.371 e. The standard InChI is InChI=1S/C28H37N5O/c1-3-24(27-31-25-13-8-19(2)18-26(25)32-27)29-22-14-16-33(17-15-22)23-11-9-20(10-12-23)28(34)30-21-6-4-5-7-21/h8-13,18,21-22,24,29H,3-7,14-17H2,1-2H3,(H,30,34)(H,31,32)/t24-/m0/s1. The Kier molecular flexibility index (Phi) is 6.86. The smallest absolute Gasteiger partial charge is 0.251 e. The molecule has 1 saturated carbocycles. The number of hydrogen-bond donors (Lipinski definition) is 3. The molecule has 0 spiro atoms. The van der Waals surface area contributed by atoms with Gasteiger partial charge in [-0.1, -0.05) is 25.8 Å². The van der Waals surface area contributed by atoms with Crippen molar-refractivity contribution in [2.24, 2.45) is 0 Å². The number of fused-ring (bicyclic) bond motifs is 1. The molecule has 2 aliphatic rings. The number of nitrogens with zero attached hydrogens (tertiary/aromatic N) is 2. The molecule has 2 fully saturated rings. The number of aromatic amines is 1. The van der Waals surface area contributed by atoms with E-state index in [1.807, 2.05) is 12.1 Å². The summed E-state index contributed by atoms with van der Waals surface area (Å²) in [5.41, 5.74) is 5.37. The topological polar surface area (TPSA) is 73.1 Å². The Hall–Kier alpha value is -2.86. The van der Waals surface area contributed by atoms with E-state index in [2.05, 4.69) is 64.7 Å². The largest absolute Gasteiger partial charge is 0.371 e. The van der Waals surface area contributed by atoms with E-state index in [0.29, 0.717) is 12.1 Å². The first-order valence-corrected chi connectivity index (χ1v) is 13.0. The van der Waals surface area contributed by atoms with E-state index in [4.69, 9.17) is 4.98 Å². The number of benzene rings is 2. The van der Waals surface area contributed by atoms with Crippen LogP contribution < -0.4 is 15.5 Å². The fraction of sp³-hybridized carbons (Fsp3) is 0.500. The Morgan fingerprint density at radius 1 is 1.06 bits per heavy atom. The van der Waals surface area contributed by atoms with Gasteiger partial charge in [0.05, 0.1) is 17.1 Å². The van der Waals surface area contributed by atoms with Crippen LogP contribution in [0.1, 0.15) is 79.7 Å². The number of aryl methyl sites for hydroxylation is 1. The van der Waals surface area contributed by atoms with Crippen LogP contribution in [0.4, 0.5) is 5.69 Å². The van der Waals surface area contributed by atoms with E-state index >= 15 is 0 Å². The number of H-pyrrole nitrogens is 1. The number of imidazole rings is 1. The molecule has 34 heavy (non-hydrogen) atoms. The zero-order valence-electron chi connectivity index (χ0n) is 20.4. The van der Waals surface area contributed by atoms with Crippen LogP contribution in [0.3, 0.4) is 0 Å². The third-order valence-electron chi connectivity index (χ3n) is 7.51. The van der Waals surface area contributed by atoms with Crippen molar-refractivity contribution in [2.45, 2.75) is 76.9 Å². The minimum atomic E-state index is 0.0627. The molecule has 180 valence electrons. The summed E-state index contributed by atoms with van der Waals surface area (Å²) in [6, 6.07) is 15.6. The molecule has 0 bridgehead atoms. The lowest BCUT2D eigenvalue weighted by Gasteiger charge is -2.35. The number of aromatic nitrogens is 2. The first kappa shape index (κ1) is 22.9. The monoisotopic (exact) mass is 459 g/mol. The number of hydrogen-bond acceptors (Lipinski definition) is 4. The van der Waals surface area contributed by atoms with Gasteiger partial charge in [0, 0.05) is 36.4 Å². The van der Waals surface area contributed by atoms with Gasteiger partial charge in [0.25, 0.3) is 5.91 Å². The predicted molar refractivity (Wildman–Crippen MR) is 138 cm³/mol. The molecule has 1 amide bonds. The summed E-state index contributed by atoms with van der Waals surface area (Å²) in [7, 11) is 0. The number of rotatable bonds is 7. The second kappa shape index (κ2) is 10.2. The van der Waals surface area contributed by atoms with Crippen molar-refractivity contribution in [3.63, 3.8) is 0 Å². The van der Waals surface area contributed by atoms with Crippen molar-refractivity contribution in [2.75, 3.05) is 18.0 Å². The number of carbonyl (C=O) groups is 1. The van der Waals surface area contributed by atoms with E-state index in [1.165, 1.54) is 24.1 Å². The van der Waals surface area contributed by atoms with E-state index in [-0.39, 0.29) is 11.9 Å². The van der Waals surface area contributed by atoms with Crippen molar-refractivity contribution in [3.05, 3.63) is 59.4 Å². The summed E-state index contributed by atoms with van der Waals surface area (Å²) in [5.74, 6) is 1.10. The highest BCUT2D eigenvalue weighted by atomic mass is 16.1. The van der Waals surface area contributed by atoms with Crippen LogP contribution in [-0.2, 0) is 0 Å². The Bertz CT molecular complexity index is 1110. The van der Waals surface area contributed by atoms with Gasteiger partial charge in [-0.15, -0.1) is 0 Å². The van der Waals surface area contributed by atoms with Crippen molar-refractivity contribution < 1.29 is 4.79 Å². The third-order valence-corrected chi connectivity index (χ3v) is 7.51. The van der Waals surface area contributed by atoms with Crippen LogP contribution in [-0.4, -0.2) is 41.0 Å². The van der Waals surface area contributed by atoms with Crippen LogP contribution in [0.25, 0.3) is 11.0 Å². The summed E-state index contributed by atoms with van der Waals surface area (Å²) in [4.78, 5) is 23.3. The molecular formula is C28H37N5O. The van der Waals surface area contributed by atoms with Gasteiger partial charge in [0.15, 0.2) is 0 Å². The maximum atomic E-state index is 12.5. The average molecular weight is 460 g/mol. The molecule has 5 rings (SSSR count). The van der Waals surface area contributed by atoms with Crippen LogP contribution in [0.2, 0.25) is 0 Å². The van der Waals surface area contributed by atoms with Crippen molar-refractivity contribution in [1.82, 2.24) is 20.6 Å². The zero-order chi connectivity index (χ0) is 23.5. The second-order valence-electron chi connectivity index (χ2n) is 10.0. The van der Waals surface area contributed by atoms with Gasteiger partial charge in [0.2, 0.25) is 0 Å². The van der Waals surface area contributed by atoms with Crippen molar-refractivity contribution >= 4 is 22.6 Å². The molecule has 1 aromatic heterocycles. The highest BCUT2D eigenvalue weighted by Gasteiger charge is 2.24. The van der Waals surface area contributed by atoms with Gasteiger partial charge in [-0.2, -0.15) is 0 Å². The Morgan fingerprint density at radius 3 is 2.50 bits per heavy atom. The fourth-order valence-electron chi connectivity index (χ4n) is 5.45. The highest BCUT2D eigenvalue weighted by molar-refractivity contribution is 5.94. The molecule has 6 nitrogen and oxygen atoms in total. The Balaban J connectivity index is 1.15. The SMILES string of the molecule is CC[C@H](NC1CCN(c2ccc(C(=O)NC3CCCC3)cc2)CC1)c1nc2ccc(C)cc2[nH]1. The summed E-state index contributed by atoms with van der Waals surface area (Å²) in [5, 5.41) is 7.03. The minimum absolute atomic E-state index is 0.0627. The number of carbonyl (C=O) groups excluding carboxylic acids is 1. The molecule has 1 atom stereocenters. The number of anilines is 1. The molecule has 0 radical (unpaired) electrons. The Labute approximate surface area is 202 Å². The third kappa shape index (κ3) is 5.12. The van der Waals surface area contributed by atoms with Gasteiger partial charge < -0.3 is 20.5 Å². The zero-order valence-corrected chi connectivity index (χ0v) is 20.4. The maximum Gasteiger partial charge on any atom is 0.251 e. The molecule has 1 aliphatic carbocycles. The second-order valence-corrected chi connectivity index (χ2v) is 10.0. The quantitative estimate of drug-likeness (QED) is 0.451. The predicted octanol–water partition coefficient (Wildman–Crippen LogP) is 5.25. The molecule has 2 heterocycles. The van der Waals surface area contributed by atoms with Crippen molar-refractivity contribution in [3.8, 4) is 0 Å². The highest BCUT2D eigenvalue weighted by Crippen LogP contribution is 2.25. The van der Waals surface area contributed by atoms with Crippen LogP contribution in [0.5, 0.6) is 0 Å². The van der Waals surface area contributed by atoms with Crippen LogP contribution >= 0.6 is 0 Å². The molecule has 1 aliphatic heterocycles. The first-order chi connectivity index (χ1) is 16.6. The van der Waals surface area contributed by atoms with Gasteiger partial charge in [-0.3, -0.25) is 4.79 Å². The molecule has 2 aromatic carbocycles. The van der Waals surface area contributed by atoms with E-state index in [0.717, 1.165) is 67.6 Å². The summed E-state index contributed by atoms with van der Waals surface area (Å²) < 4.78 is 0. The van der Waals surface area contributed by atoms with Crippen LogP contribution in [0, 0.1) is 6.92 Å². The maximum absolute atomic E-state index is 12.5. The molecule has 6 heteroatoms. The van der Waals surface area contributed by atoms with Gasteiger partial charge in [-0.25, -0.2) is 4.98 Å². The molecule has 3 aromatic rings. The molecule has 1 saturated heterocycles. The van der Waals surface area contributed by atoms with Gasteiger partial charge in [-0.05, 0) is 81.0 Å². The van der Waals surface area contributed by atoms with E-state index < -0.39 is 0 Å². The molecule has 0 unspecified atom stereocenters. The number of nitrogens with one attached hydrogen (secondary N) is 3. The van der Waals surface area contributed by atoms with E-state index in [1.54, 1.807) is 0 Å². The normalized spacial score (nSPS) is 18.5.